The number of thiazole rings is 1. The number of hydrogen-bond donors (Lipinski definition) is 1. The van der Waals surface area contributed by atoms with Gasteiger partial charge in [-0.05, 0) is 5.92 Å². The van der Waals surface area contributed by atoms with E-state index in [0.29, 0.717) is 9.34 Å². The van der Waals surface area contributed by atoms with Gasteiger partial charge >= 0.3 is 0 Å². The molecule has 0 aliphatic heterocycles. The molecule has 1 atom stereocenters. The maximum absolute atomic E-state index is 11.6. The molecule has 0 aliphatic carbocycles. The van der Waals surface area contributed by atoms with Gasteiger partial charge in [0.15, 0.2) is 9.84 Å². The van der Waals surface area contributed by atoms with Crippen molar-refractivity contribution in [1.29, 1.82) is 0 Å². The van der Waals surface area contributed by atoms with E-state index >= 15 is 0 Å². The molecule has 0 fully saturated rings. The Balaban J connectivity index is 2.64. The van der Waals surface area contributed by atoms with E-state index < -0.39 is 9.84 Å². The molecule has 0 spiro atoms. The molecule has 7 heteroatoms. The summed E-state index contributed by atoms with van der Waals surface area (Å²) in [7, 11) is -3.20. The van der Waals surface area contributed by atoms with E-state index in [0.717, 1.165) is 11.3 Å². The van der Waals surface area contributed by atoms with E-state index in [1.807, 2.05) is 0 Å². The molecule has 1 heterocycles. The van der Waals surface area contributed by atoms with Crippen LogP contribution in [0.15, 0.2) is 6.20 Å². The maximum atomic E-state index is 11.6. The van der Waals surface area contributed by atoms with E-state index in [2.05, 4.69) is 4.98 Å². The highest BCUT2D eigenvalue weighted by atomic mass is 35.5. The zero-order chi connectivity index (χ0) is 11.5. The van der Waals surface area contributed by atoms with E-state index in [1.54, 1.807) is 6.92 Å². The van der Waals surface area contributed by atoms with E-state index in [4.69, 9.17) is 16.7 Å². The van der Waals surface area contributed by atoms with Crippen molar-refractivity contribution < 1.29 is 13.5 Å². The maximum Gasteiger partial charge on any atom is 0.157 e. The molecule has 1 aromatic rings. The van der Waals surface area contributed by atoms with Crippen LogP contribution in [0.3, 0.4) is 0 Å². The monoisotopic (exact) mass is 269 g/mol. The third-order valence-electron chi connectivity index (χ3n) is 1.72. The van der Waals surface area contributed by atoms with Gasteiger partial charge in [0.25, 0.3) is 0 Å². The van der Waals surface area contributed by atoms with Gasteiger partial charge in [-0.2, -0.15) is 0 Å². The standard InChI is InChI=1S/C8H12ClNO3S2/c1-6(3-11)4-15(12,13)5-8-10-2-7(9)14-8/h2,6,11H,3-5H2,1H3. The summed E-state index contributed by atoms with van der Waals surface area (Å²) in [5.74, 6) is -0.375. The molecule has 15 heavy (non-hydrogen) atoms. The third kappa shape index (κ3) is 4.46. The number of nitrogens with zero attached hydrogens (tertiary/aromatic N) is 1. The fraction of sp³-hybridized carbons (Fsp3) is 0.625. The van der Waals surface area contributed by atoms with Crippen molar-refractivity contribution in [1.82, 2.24) is 4.98 Å². The summed E-state index contributed by atoms with van der Waals surface area (Å²) in [6, 6.07) is 0. The summed E-state index contributed by atoms with van der Waals surface area (Å²) in [6.07, 6.45) is 1.44. The summed E-state index contributed by atoms with van der Waals surface area (Å²) in [5, 5.41) is 9.26. The third-order valence-corrected chi connectivity index (χ3v) is 4.81. The second-order valence-electron chi connectivity index (χ2n) is 3.40. The molecule has 0 bridgehead atoms. The summed E-state index contributed by atoms with van der Waals surface area (Å²) in [5.41, 5.74) is 0. The van der Waals surface area contributed by atoms with Gasteiger partial charge in [-0.25, -0.2) is 13.4 Å². The number of halogens is 1. The van der Waals surface area contributed by atoms with Crippen LogP contribution >= 0.6 is 22.9 Å². The van der Waals surface area contributed by atoms with Gasteiger partial charge in [0.05, 0.1) is 11.9 Å². The molecule has 0 saturated carbocycles. The van der Waals surface area contributed by atoms with E-state index in [1.165, 1.54) is 6.20 Å². The molecule has 0 amide bonds. The number of aromatic nitrogens is 1. The van der Waals surface area contributed by atoms with Crippen LogP contribution in [0, 0.1) is 5.92 Å². The summed E-state index contributed by atoms with van der Waals surface area (Å²) >= 11 is 6.81. The highest BCUT2D eigenvalue weighted by molar-refractivity contribution is 7.90. The second kappa shape index (κ2) is 5.25. The molecule has 1 N–H and O–H groups in total. The first-order valence-corrected chi connectivity index (χ1v) is 7.36. The molecule has 0 radical (unpaired) electrons. The summed E-state index contributed by atoms with van der Waals surface area (Å²) in [4.78, 5) is 3.88. The molecule has 0 aliphatic rings. The second-order valence-corrected chi connectivity index (χ2v) is 7.26. The molecule has 1 unspecified atom stereocenters. The van der Waals surface area contributed by atoms with Gasteiger partial charge in [-0.1, -0.05) is 18.5 Å². The zero-order valence-electron chi connectivity index (χ0n) is 8.18. The van der Waals surface area contributed by atoms with Crippen molar-refractivity contribution in [3.05, 3.63) is 15.5 Å². The van der Waals surface area contributed by atoms with Crippen LogP contribution in [0.2, 0.25) is 4.34 Å². The Morgan fingerprint density at radius 2 is 2.33 bits per heavy atom. The summed E-state index contributed by atoms with van der Waals surface area (Å²) < 4.78 is 23.7. The van der Waals surface area contributed by atoms with Crippen molar-refractivity contribution in [3.63, 3.8) is 0 Å². The number of aliphatic hydroxyl groups is 1. The van der Waals surface area contributed by atoms with Crippen molar-refractivity contribution in [2.75, 3.05) is 12.4 Å². The molecular weight excluding hydrogens is 258 g/mol. The summed E-state index contributed by atoms with van der Waals surface area (Å²) in [6.45, 7) is 1.56. The molecule has 0 aromatic carbocycles. The average Bonchev–Trinajstić information content (AvgIpc) is 2.49. The lowest BCUT2D eigenvalue weighted by atomic mass is 10.2. The van der Waals surface area contributed by atoms with Gasteiger partial charge in [0.1, 0.15) is 15.1 Å². The van der Waals surface area contributed by atoms with Crippen LogP contribution in [0.4, 0.5) is 0 Å². The van der Waals surface area contributed by atoms with E-state index in [-0.39, 0.29) is 24.0 Å². The fourth-order valence-corrected chi connectivity index (χ4v) is 4.16. The minimum absolute atomic E-state index is 0.0271. The smallest absolute Gasteiger partial charge is 0.157 e. The zero-order valence-corrected chi connectivity index (χ0v) is 10.6. The van der Waals surface area contributed by atoms with Crippen LogP contribution in [-0.4, -0.2) is 30.9 Å². The predicted octanol–water partition coefficient (Wildman–Crippen LogP) is 1.34. The minimum Gasteiger partial charge on any atom is -0.396 e. The molecule has 4 nitrogen and oxygen atoms in total. The van der Waals surface area contributed by atoms with E-state index in [9.17, 15) is 8.42 Å². The first-order valence-electron chi connectivity index (χ1n) is 4.34. The van der Waals surface area contributed by atoms with Crippen LogP contribution in [0.25, 0.3) is 0 Å². The SMILES string of the molecule is CC(CO)CS(=O)(=O)Cc1ncc(Cl)s1. The molecule has 1 aromatic heterocycles. The Labute approximate surface area is 97.8 Å². The van der Waals surface area contributed by atoms with Gasteiger partial charge < -0.3 is 5.11 Å². The van der Waals surface area contributed by atoms with Crippen molar-refractivity contribution in [3.8, 4) is 0 Å². The fourth-order valence-electron chi connectivity index (χ4n) is 1.09. The number of rotatable bonds is 5. The average molecular weight is 270 g/mol. The molecule has 86 valence electrons. The van der Waals surface area contributed by atoms with Crippen molar-refractivity contribution >= 4 is 32.8 Å². The Morgan fingerprint density at radius 3 is 2.80 bits per heavy atom. The van der Waals surface area contributed by atoms with Gasteiger partial charge in [0, 0.05) is 6.61 Å². The highest BCUT2D eigenvalue weighted by Gasteiger charge is 2.17. The quantitative estimate of drug-likeness (QED) is 0.876. The van der Waals surface area contributed by atoms with Gasteiger partial charge in [-0.3, -0.25) is 0 Å². The lowest BCUT2D eigenvalue weighted by Crippen LogP contribution is -2.18. The molecule has 1 rings (SSSR count). The van der Waals surface area contributed by atoms with Crippen LogP contribution in [0.1, 0.15) is 11.9 Å². The van der Waals surface area contributed by atoms with Crippen LogP contribution < -0.4 is 0 Å². The first kappa shape index (κ1) is 12.9. The number of sulfone groups is 1. The first-order chi connectivity index (χ1) is 6.93. The van der Waals surface area contributed by atoms with Gasteiger partial charge in [-0.15, -0.1) is 11.3 Å². The lowest BCUT2D eigenvalue weighted by molar-refractivity contribution is 0.249. The highest BCUT2D eigenvalue weighted by Crippen LogP contribution is 2.20. The lowest BCUT2D eigenvalue weighted by Gasteiger charge is -2.07. The predicted molar refractivity (Wildman–Crippen MR) is 60.9 cm³/mol. The van der Waals surface area contributed by atoms with Crippen molar-refractivity contribution in [2.45, 2.75) is 12.7 Å². The normalized spacial score (nSPS) is 14.1. The Hall–Kier alpha value is -0.170. The molecule has 0 saturated heterocycles. The number of aliphatic hydroxyl groups excluding tert-OH is 1. The Kier molecular flexibility index (Phi) is 4.51. The molecular formula is C8H12ClNO3S2. The van der Waals surface area contributed by atoms with Crippen molar-refractivity contribution in [2.24, 2.45) is 5.92 Å². The van der Waals surface area contributed by atoms with Gasteiger partial charge in [0.2, 0.25) is 0 Å². The largest absolute Gasteiger partial charge is 0.396 e. The minimum atomic E-state index is -3.20. The topological polar surface area (TPSA) is 67.3 Å². The number of hydrogen-bond acceptors (Lipinski definition) is 5. The Morgan fingerprint density at radius 1 is 1.67 bits per heavy atom. The Bertz CT molecular complexity index is 415. The van der Waals surface area contributed by atoms with Crippen LogP contribution in [-0.2, 0) is 15.6 Å². The van der Waals surface area contributed by atoms with Crippen LogP contribution in [0.5, 0.6) is 0 Å².